The Morgan fingerprint density at radius 2 is 2.00 bits per heavy atom. The molecule has 1 aromatic heterocycles. The van der Waals surface area contributed by atoms with Crippen molar-refractivity contribution >= 4 is 23.2 Å². The molecule has 0 atom stereocenters. The lowest BCUT2D eigenvalue weighted by Crippen LogP contribution is -2.44. The van der Waals surface area contributed by atoms with Gasteiger partial charge in [-0.05, 0) is 49.9 Å². The van der Waals surface area contributed by atoms with E-state index < -0.39 is 5.41 Å². The molecule has 2 aromatic rings. The van der Waals surface area contributed by atoms with Crippen LogP contribution >= 0.6 is 11.6 Å². The third-order valence-electron chi connectivity index (χ3n) is 5.20. The molecule has 1 aliphatic rings. The number of nitrogens with one attached hydrogen (secondary N) is 1. The Kier molecular flexibility index (Phi) is 6.92. The van der Waals surface area contributed by atoms with Gasteiger partial charge in [-0.15, -0.1) is 0 Å². The number of aryl methyl sites for hydroxylation is 1. The fraction of sp³-hybridized carbons (Fsp3) is 0.455. The number of carbonyl (C=O) groups is 1. The zero-order valence-electron chi connectivity index (χ0n) is 16.5. The van der Waals surface area contributed by atoms with Crippen LogP contribution in [0.25, 0.3) is 0 Å². The average Bonchev–Trinajstić information content (AvgIpc) is 2.71. The number of unbranched alkanes of at least 4 members (excludes halogenated alkanes) is 1. The molecule has 6 heteroatoms. The second kappa shape index (κ2) is 9.39. The van der Waals surface area contributed by atoms with E-state index in [0.717, 1.165) is 24.0 Å². The number of hydrogen-bond donors (Lipinski definition) is 1. The minimum absolute atomic E-state index is 0.0426. The van der Waals surface area contributed by atoms with Crippen LogP contribution in [-0.2, 0) is 14.9 Å². The first-order valence-corrected chi connectivity index (χ1v) is 10.2. The highest BCUT2D eigenvalue weighted by Gasteiger charge is 2.41. The van der Waals surface area contributed by atoms with E-state index in [9.17, 15) is 4.79 Å². The van der Waals surface area contributed by atoms with Crippen LogP contribution in [0.1, 0.15) is 43.7 Å². The monoisotopic (exact) mass is 402 g/mol. The number of amides is 1. The van der Waals surface area contributed by atoms with Gasteiger partial charge in [0.25, 0.3) is 0 Å². The van der Waals surface area contributed by atoms with E-state index in [1.54, 1.807) is 6.20 Å². The first-order valence-electron chi connectivity index (χ1n) is 9.80. The highest BCUT2D eigenvalue weighted by atomic mass is 35.5. The van der Waals surface area contributed by atoms with Crippen molar-refractivity contribution in [3.8, 4) is 5.88 Å². The Morgan fingerprint density at radius 3 is 2.64 bits per heavy atom. The number of benzene rings is 1. The molecule has 0 bridgehead atoms. The van der Waals surface area contributed by atoms with Crippen LogP contribution in [0.5, 0.6) is 5.88 Å². The van der Waals surface area contributed by atoms with Gasteiger partial charge >= 0.3 is 0 Å². The zero-order valence-corrected chi connectivity index (χ0v) is 17.2. The van der Waals surface area contributed by atoms with Crippen molar-refractivity contribution in [2.75, 3.05) is 25.1 Å². The van der Waals surface area contributed by atoms with Gasteiger partial charge in [0.1, 0.15) is 0 Å². The fourth-order valence-electron chi connectivity index (χ4n) is 3.48. The fourth-order valence-corrected chi connectivity index (χ4v) is 3.61. The maximum Gasteiger partial charge on any atom is 0.235 e. The molecule has 0 saturated carbocycles. The molecular formula is C22H27ClN2O3. The van der Waals surface area contributed by atoms with Crippen molar-refractivity contribution in [2.45, 2.75) is 44.9 Å². The van der Waals surface area contributed by atoms with E-state index in [1.165, 1.54) is 0 Å². The SMILES string of the molecule is CCCCOc1ncc(NC(=O)C2(c3ccc(Cl)cc3)CCOCC2)cc1C. The van der Waals surface area contributed by atoms with Gasteiger partial charge in [-0.1, -0.05) is 37.1 Å². The Hall–Kier alpha value is -2.11. The van der Waals surface area contributed by atoms with Crippen molar-refractivity contribution in [1.29, 1.82) is 0 Å². The van der Waals surface area contributed by atoms with Gasteiger partial charge in [-0.2, -0.15) is 0 Å². The molecule has 1 saturated heterocycles. The molecule has 1 aromatic carbocycles. The molecular weight excluding hydrogens is 376 g/mol. The predicted octanol–water partition coefficient (Wildman–Crippen LogP) is 4.91. The van der Waals surface area contributed by atoms with Gasteiger partial charge in [0.2, 0.25) is 11.8 Å². The zero-order chi connectivity index (χ0) is 20.0. The number of anilines is 1. The smallest absolute Gasteiger partial charge is 0.235 e. The van der Waals surface area contributed by atoms with E-state index in [0.29, 0.717) is 49.3 Å². The van der Waals surface area contributed by atoms with Crippen molar-refractivity contribution in [3.05, 3.63) is 52.7 Å². The summed E-state index contributed by atoms with van der Waals surface area (Å²) < 4.78 is 11.2. The topological polar surface area (TPSA) is 60.5 Å². The lowest BCUT2D eigenvalue weighted by molar-refractivity contribution is -0.125. The molecule has 0 radical (unpaired) electrons. The molecule has 0 unspecified atom stereocenters. The van der Waals surface area contributed by atoms with Crippen molar-refractivity contribution < 1.29 is 14.3 Å². The van der Waals surface area contributed by atoms with E-state index in [4.69, 9.17) is 21.1 Å². The van der Waals surface area contributed by atoms with Gasteiger partial charge in [-0.3, -0.25) is 4.79 Å². The van der Waals surface area contributed by atoms with Gasteiger partial charge in [0, 0.05) is 23.8 Å². The van der Waals surface area contributed by atoms with Crippen molar-refractivity contribution in [2.24, 2.45) is 0 Å². The van der Waals surface area contributed by atoms with Gasteiger partial charge in [-0.25, -0.2) is 4.98 Å². The second-order valence-electron chi connectivity index (χ2n) is 7.20. The van der Waals surface area contributed by atoms with Crippen LogP contribution in [-0.4, -0.2) is 30.7 Å². The Bertz CT molecular complexity index is 802. The minimum atomic E-state index is -0.632. The van der Waals surface area contributed by atoms with Crippen molar-refractivity contribution in [1.82, 2.24) is 4.98 Å². The maximum atomic E-state index is 13.3. The van der Waals surface area contributed by atoms with Crippen molar-refractivity contribution in [3.63, 3.8) is 0 Å². The molecule has 1 fully saturated rings. The summed E-state index contributed by atoms with van der Waals surface area (Å²) in [6.07, 6.45) is 4.98. The molecule has 1 N–H and O–H groups in total. The van der Waals surface area contributed by atoms with Gasteiger partial charge < -0.3 is 14.8 Å². The number of ether oxygens (including phenoxy) is 2. The van der Waals surface area contributed by atoms with Crippen LogP contribution in [0.3, 0.4) is 0 Å². The summed E-state index contributed by atoms with van der Waals surface area (Å²) in [5.41, 5.74) is 1.90. The standard InChI is InChI=1S/C22H27ClN2O3/c1-3-4-11-28-20-16(2)14-19(15-24-20)25-21(26)22(9-12-27-13-10-22)17-5-7-18(23)8-6-17/h5-8,14-15H,3-4,9-13H2,1-2H3,(H,25,26). The molecule has 150 valence electrons. The lowest BCUT2D eigenvalue weighted by atomic mass is 9.73. The largest absolute Gasteiger partial charge is 0.477 e. The normalized spacial score (nSPS) is 15.8. The Balaban J connectivity index is 1.79. The second-order valence-corrected chi connectivity index (χ2v) is 7.64. The summed E-state index contributed by atoms with van der Waals surface area (Å²) >= 11 is 6.04. The molecule has 1 amide bonds. The van der Waals surface area contributed by atoms with Gasteiger partial charge in [0.15, 0.2) is 0 Å². The first-order chi connectivity index (χ1) is 13.5. The van der Waals surface area contributed by atoms with E-state index >= 15 is 0 Å². The van der Waals surface area contributed by atoms with Crippen LogP contribution in [0, 0.1) is 6.92 Å². The molecule has 1 aliphatic heterocycles. The number of carbonyl (C=O) groups excluding carboxylic acids is 1. The minimum Gasteiger partial charge on any atom is -0.477 e. The van der Waals surface area contributed by atoms with E-state index in [-0.39, 0.29) is 5.91 Å². The van der Waals surface area contributed by atoms with E-state index in [1.807, 2.05) is 37.3 Å². The molecule has 28 heavy (non-hydrogen) atoms. The summed E-state index contributed by atoms with van der Waals surface area (Å²) in [7, 11) is 0. The number of aromatic nitrogens is 1. The maximum absolute atomic E-state index is 13.3. The molecule has 2 heterocycles. The number of pyridine rings is 1. The predicted molar refractivity (Wildman–Crippen MR) is 111 cm³/mol. The summed E-state index contributed by atoms with van der Waals surface area (Å²) in [6, 6.07) is 9.43. The first kappa shape index (κ1) is 20.6. The number of halogens is 1. The van der Waals surface area contributed by atoms with E-state index in [2.05, 4.69) is 17.2 Å². The molecule has 0 aliphatic carbocycles. The number of hydrogen-bond acceptors (Lipinski definition) is 4. The van der Waals surface area contributed by atoms with Crippen LogP contribution in [0.15, 0.2) is 36.5 Å². The lowest BCUT2D eigenvalue weighted by Gasteiger charge is -2.36. The number of nitrogens with zero attached hydrogens (tertiary/aromatic N) is 1. The third kappa shape index (κ3) is 4.65. The summed E-state index contributed by atoms with van der Waals surface area (Å²) in [6.45, 7) is 5.81. The summed E-state index contributed by atoms with van der Waals surface area (Å²) in [5, 5.41) is 3.71. The molecule has 3 rings (SSSR count). The summed E-state index contributed by atoms with van der Waals surface area (Å²) in [4.78, 5) is 17.7. The Morgan fingerprint density at radius 1 is 1.29 bits per heavy atom. The van der Waals surface area contributed by atoms with Crippen LogP contribution in [0.2, 0.25) is 5.02 Å². The van der Waals surface area contributed by atoms with Crippen LogP contribution < -0.4 is 10.1 Å². The Labute approximate surface area is 171 Å². The molecule has 0 spiro atoms. The highest BCUT2D eigenvalue weighted by Crippen LogP contribution is 2.37. The summed E-state index contributed by atoms with van der Waals surface area (Å²) in [5.74, 6) is 0.573. The average molecular weight is 403 g/mol. The number of rotatable bonds is 7. The van der Waals surface area contributed by atoms with Crippen LogP contribution in [0.4, 0.5) is 5.69 Å². The highest BCUT2D eigenvalue weighted by molar-refractivity contribution is 6.30. The third-order valence-corrected chi connectivity index (χ3v) is 5.45. The van der Waals surface area contributed by atoms with Gasteiger partial charge in [0.05, 0.1) is 23.9 Å². The molecule has 5 nitrogen and oxygen atoms in total. The quantitative estimate of drug-likeness (QED) is 0.668.